The fourth-order valence-corrected chi connectivity index (χ4v) is 0.867. The zero-order valence-corrected chi connectivity index (χ0v) is 9.18. The van der Waals surface area contributed by atoms with Gasteiger partial charge in [-0.1, -0.05) is 0 Å². The Hall–Kier alpha value is -1.50. The van der Waals surface area contributed by atoms with E-state index in [0.29, 0.717) is 5.69 Å². The zero-order valence-electron chi connectivity index (χ0n) is 8.18. The number of hydrogen-bond acceptors (Lipinski definition) is 4. The van der Waals surface area contributed by atoms with Gasteiger partial charge in [0.25, 0.3) is 5.69 Å². The van der Waals surface area contributed by atoms with Gasteiger partial charge >= 0.3 is 8.25 Å². The number of rotatable bonds is 2. The van der Waals surface area contributed by atoms with Crippen LogP contribution < -0.4 is 5.32 Å². The number of hydrogen-bond donors (Lipinski definition) is 3. The fraction of sp³-hybridized carbons (Fsp3) is 0.143. The van der Waals surface area contributed by atoms with Crippen LogP contribution in [0.2, 0.25) is 0 Å². The van der Waals surface area contributed by atoms with E-state index in [0.717, 1.165) is 6.07 Å². The van der Waals surface area contributed by atoms with E-state index in [1.165, 1.54) is 12.1 Å². The molecule has 0 atom stereocenters. The lowest BCUT2D eigenvalue weighted by molar-refractivity contribution is -0.384. The summed E-state index contributed by atoms with van der Waals surface area (Å²) in [6, 6.07) is 3.37. The highest BCUT2D eigenvalue weighted by molar-refractivity contribution is 7.30. The number of halogens is 1. The molecule has 1 aromatic rings. The lowest BCUT2D eigenvalue weighted by Crippen LogP contribution is -1.96. The van der Waals surface area contributed by atoms with Crippen LogP contribution in [0.25, 0.3) is 0 Å². The van der Waals surface area contributed by atoms with Crippen LogP contribution in [-0.2, 0) is 4.57 Å². The first-order valence-electron chi connectivity index (χ1n) is 3.92. The first kappa shape index (κ1) is 14.5. The van der Waals surface area contributed by atoms with Crippen molar-refractivity contribution in [1.82, 2.24) is 0 Å². The smallest absolute Gasteiger partial charge is 0.314 e. The molecule has 0 heterocycles. The molecule has 0 aliphatic carbocycles. The van der Waals surface area contributed by atoms with Crippen LogP contribution in [0.1, 0.15) is 0 Å². The largest absolute Gasteiger partial charge is 0.383 e. The summed E-state index contributed by atoms with van der Waals surface area (Å²) < 4.78 is 21.3. The van der Waals surface area contributed by atoms with Gasteiger partial charge in [-0.2, -0.15) is 0 Å². The molecule has 0 amide bonds. The first-order valence-corrected chi connectivity index (χ1v) is 5.22. The minimum atomic E-state index is -3.13. The van der Waals surface area contributed by atoms with Gasteiger partial charge in [0.05, 0.1) is 11.0 Å². The van der Waals surface area contributed by atoms with Crippen LogP contribution in [0.5, 0.6) is 0 Å². The SMILES string of the molecule is CNc1ccc(F)cc1[N+](=O)[O-].O=[PH](O)O. The van der Waals surface area contributed by atoms with Crippen molar-refractivity contribution in [3.05, 3.63) is 34.1 Å². The Morgan fingerprint density at radius 2 is 2.00 bits per heavy atom. The van der Waals surface area contributed by atoms with Crippen LogP contribution in [0.15, 0.2) is 18.2 Å². The Morgan fingerprint density at radius 3 is 2.38 bits per heavy atom. The van der Waals surface area contributed by atoms with Crippen molar-refractivity contribution in [2.45, 2.75) is 0 Å². The second kappa shape index (κ2) is 6.89. The van der Waals surface area contributed by atoms with Gasteiger partial charge in [-0.25, -0.2) is 4.39 Å². The molecule has 0 bridgehead atoms. The molecule has 1 aromatic carbocycles. The number of benzene rings is 1. The van der Waals surface area contributed by atoms with Crippen molar-refractivity contribution in [2.24, 2.45) is 0 Å². The average molecular weight is 252 g/mol. The van der Waals surface area contributed by atoms with Crippen LogP contribution in [0.4, 0.5) is 15.8 Å². The molecule has 9 heteroatoms. The van der Waals surface area contributed by atoms with Crippen LogP contribution >= 0.6 is 8.25 Å². The Labute approximate surface area is 90.6 Å². The summed E-state index contributed by atoms with van der Waals surface area (Å²) in [5.74, 6) is -0.610. The van der Waals surface area contributed by atoms with Crippen LogP contribution in [0.3, 0.4) is 0 Å². The summed E-state index contributed by atoms with van der Waals surface area (Å²) in [5.41, 5.74) is 0.0545. The molecule has 7 nitrogen and oxygen atoms in total. The van der Waals surface area contributed by atoms with Gasteiger partial charge in [-0.3, -0.25) is 14.7 Å². The average Bonchev–Trinajstić information content (AvgIpc) is 2.16. The molecule has 0 unspecified atom stereocenters. The molecular formula is C7H10FN2O5P. The Balaban J connectivity index is 0.000000487. The van der Waals surface area contributed by atoms with Gasteiger partial charge in [0.2, 0.25) is 0 Å². The summed E-state index contributed by atoms with van der Waals surface area (Å²) in [6.07, 6.45) is 0. The molecule has 0 saturated carbocycles. The number of nitro benzene ring substituents is 1. The van der Waals surface area contributed by atoms with Gasteiger partial charge in [0.1, 0.15) is 11.5 Å². The third-order valence-corrected chi connectivity index (χ3v) is 1.43. The van der Waals surface area contributed by atoms with E-state index in [1.54, 1.807) is 7.05 Å². The molecular weight excluding hydrogens is 242 g/mol. The minimum absolute atomic E-state index is 0.252. The minimum Gasteiger partial charge on any atom is -0.383 e. The topological polar surface area (TPSA) is 113 Å². The standard InChI is InChI=1S/C7H7FN2O2.H3O3P/c1-9-6-3-2-5(8)4-7(6)10(11)12;1-4(2)3/h2-4,9H,1H3;4H,(H2,1,2,3). The Kier molecular flexibility index (Phi) is 6.24. The number of anilines is 1. The normalized spacial score (nSPS) is 9.31. The van der Waals surface area contributed by atoms with Crippen LogP contribution in [0, 0.1) is 15.9 Å². The molecule has 0 aliphatic heterocycles. The first-order chi connectivity index (χ1) is 7.38. The highest BCUT2D eigenvalue weighted by atomic mass is 31.1. The fourth-order valence-electron chi connectivity index (χ4n) is 0.867. The molecule has 0 fully saturated rings. The van der Waals surface area contributed by atoms with Crippen molar-refractivity contribution < 1.29 is 23.7 Å². The molecule has 0 aromatic heterocycles. The van der Waals surface area contributed by atoms with E-state index in [-0.39, 0.29) is 5.69 Å². The summed E-state index contributed by atoms with van der Waals surface area (Å²) in [4.78, 5) is 24.0. The highest BCUT2D eigenvalue weighted by Crippen LogP contribution is 2.23. The van der Waals surface area contributed by atoms with E-state index in [1.807, 2.05) is 0 Å². The molecule has 1 rings (SSSR count). The maximum atomic E-state index is 12.5. The zero-order chi connectivity index (χ0) is 12.7. The summed E-state index contributed by atoms with van der Waals surface area (Å²) >= 11 is 0. The Bertz CT molecular complexity index is 396. The van der Waals surface area contributed by atoms with Crippen molar-refractivity contribution in [3.8, 4) is 0 Å². The molecule has 90 valence electrons. The maximum absolute atomic E-state index is 12.5. The second-order valence-corrected chi connectivity index (χ2v) is 3.02. The van der Waals surface area contributed by atoms with E-state index < -0.39 is 19.0 Å². The molecule has 16 heavy (non-hydrogen) atoms. The molecule has 0 saturated heterocycles. The van der Waals surface area contributed by atoms with Crippen molar-refractivity contribution in [1.29, 1.82) is 0 Å². The van der Waals surface area contributed by atoms with Crippen molar-refractivity contribution in [2.75, 3.05) is 12.4 Å². The van der Waals surface area contributed by atoms with E-state index >= 15 is 0 Å². The van der Waals surface area contributed by atoms with Gasteiger partial charge in [-0.05, 0) is 12.1 Å². The monoisotopic (exact) mass is 252 g/mol. The van der Waals surface area contributed by atoms with Gasteiger partial charge < -0.3 is 15.1 Å². The van der Waals surface area contributed by atoms with Crippen molar-refractivity contribution in [3.63, 3.8) is 0 Å². The molecule has 0 aliphatic rings. The van der Waals surface area contributed by atoms with Crippen LogP contribution in [-0.4, -0.2) is 21.8 Å². The lowest BCUT2D eigenvalue weighted by Gasteiger charge is -2.00. The summed E-state index contributed by atoms with van der Waals surface area (Å²) in [5, 5.41) is 12.9. The van der Waals surface area contributed by atoms with Gasteiger partial charge in [0.15, 0.2) is 0 Å². The highest BCUT2D eigenvalue weighted by Gasteiger charge is 2.12. The van der Waals surface area contributed by atoms with E-state index in [9.17, 15) is 14.5 Å². The van der Waals surface area contributed by atoms with E-state index in [2.05, 4.69) is 5.32 Å². The predicted octanol–water partition coefficient (Wildman–Crippen LogP) is 1.14. The molecule has 0 spiro atoms. The lowest BCUT2D eigenvalue weighted by atomic mass is 10.2. The number of nitro groups is 1. The maximum Gasteiger partial charge on any atom is 0.314 e. The summed E-state index contributed by atoms with van der Waals surface area (Å²) in [6.45, 7) is 0. The van der Waals surface area contributed by atoms with Crippen molar-refractivity contribution >= 4 is 19.6 Å². The quantitative estimate of drug-likeness (QED) is 0.413. The molecule has 0 radical (unpaired) electrons. The molecule has 3 N–H and O–H groups in total. The Morgan fingerprint density at radius 1 is 1.50 bits per heavy atom. The number of nitrogens with one attached hydrogen (secondary N) is 1. The number of nitrogens with zero attached hydrogens (tertiary/aromatic N) is 1. The summed E-state index contributed by atoms with van der Waals surface area (Å²) in [7, 11) is -1.59. The third-order valence-electron chi connectivity index (χ3n) is 1.43. The van der Waals surface area contributed by atoms with Gasteiger partial charge in [-0.15, -0.1) is 0 Å². The third kappa shape index (κ3) is 5.40. The second-order valence-electron chi connectivity index (χ2n) is 2.45. The van der Waals surface area contributed by atoms with E-state index in [4.69, 9.17) is 14.4 Å². The predicted molar refractivity (Wildman–Crippen MR) is 56.0 cm³/mol. The van der Waals surface area contributed by atoms with Gasteiger partial charge in [0, 0.05) is 7.05 Å².